The molecule has 1 saturated heterocycles. The molecule has 0 spiro atoms. The highest BCUT2D eigenvalue weighted by Crippen LogP contribution is 2.51. The molecule has 0 aromatic heterocycles. The number of nitrogens with two attached hydrogens (primary N) is 1. The highest BCUT2D eigenvalue weighted by atomic mass is 16.7. The largest absolute Gasteiger partial charge is 0.507 e. The number of esters is 1. The number of phenolic OH excluding ortho intramolecular Hbond substituents is 2. The normalized spacial score (nSPS) is 21.9. The van der Waals surface area contributed by atoms with Gasteiger partial charge < -0.3 is 76.1 Å². The Morgan fingerprint density at radius 3 is 2.30 bits per heavy atom. The van der Waals surface area contributed by atoms with Gasteiger partial charge in [-0.25, -0.2) is 14.6 Å². The molecular weight excluding hydrogens is 1320 g/mol. The van der Waals surface area contributed by atoms with Crippen molar-refractivity contribution in [3.05, 3.63) is 112 Å². The van der Waals surface area contributed by atoms with E-state index in [1.165, 1.54) is 45.3 Å². The summed E-state index contributed by atoms with van der Waals surface area (Å²) in [5.74, 6) is -7.15. The number of nitrogens with one attached hydrogen (secondary N) is 6. The lowest BCUT2D eigenvalue weighted by Gasteiger charge is -2.33. The number of aromatic hydroxyl groups is 2. The number of ketones is 1. The number of urea groups is 1. The van der Waals surface area contributed by atoms with Crippen LogP contribution in [0.2, 0.25) is 0 Å². The van der Waals surface area contributed by atoms with Crippen LogP contribution in [0.3, 0.4) is 0 Å². The van der Waals surface area contributed by atoms with Crippen molar-refractivity contribution < 1.29 is 81.5 Å². The number of alkyl carbamates (subject to hydrolysis) is 1. The number of primary amides is 1. The van der Waals surface area contributed by atoms with Gasteiger partial charge in [0.15, 0.2) is 11.3 Å². The van der Waals surface area contributed by atoms with Gasteiger partial charge in [0, 0.05) is 105 Å². The van der Waals surface area contributed by atoms with Crippen LogP contribution in [0.5, 0.6) is 17.2 Å². The van der Waals surface area contributed by atoms with Gasteiger partial charge in [-0.3, -0.25) is 48.1 Å². The van der Waals surface area contributed by atoms with Gasteiger partial charge in [-0.15, -0.1) is 0 Å². The minimum atomic E-state index is -2.01. The van der Waals surface area contributed by atoms with Crippen molar-refractivity contribution in [2.24, 2.45) is 35.3 Å². The average molecular weight is 1410 g/mol. The first-order valence-electron chi connectivity index (χ1n) is 34.5. The van der Waals surface area contributed by atoms with E-state index in [1.807, 2.05) is 17.9 Å². The lowest BCUT2D eigenvalue weighted by molar-refractivity contribution is -0.152. The third kappa shape index (κ3) is 18.6. The van der Waals surface area contributed by atoms with Gasteiger partial charge in [0.05, 0.1) is 23.8 Å². The summed E-state index contributed by atoms with van der Waals surface area (Å²) in [6.45, 7) is 15.2. The second-order valence-corrected chi connectivity index (χ2v) is 27.1. The number of benzene rings is 4. The number of carbonyl (C=O) groups is 10. The van der Waals surface area contributed by atoms with E-state index < -0.39 is 83.2 Å². The van der Waals surface area contributed by atoms with E-state index in [-0.39, 0.29) is 154 Å². The van der Waals surface area contributed by atoms with Crippen LogP contribution < -0.4 is 52.7 Å². The maximum absolute atomic E-state index is 15.1. The Balaban J connectivity index is 0.837. The Kier molecular flexibility index (Phi) is 24.8. The molecule has 0 radical (unpaired) electrons. The zero-order valence-corrected chi connectivity index (χ0v) is 58.6. The quantitative estimate of drug-likeness (QED) is 0.0109. The molecule has 4 bridgehead atoms. The lowest BCUT2D eigenvalue weighted by Crippen LogP contribution is -2.47. The lowest BCUT2D eigenvalue weighted by atomic mass is 9.82. The molecule has 10 N–H and O–H groups in total. The van der Waals surface area contributed by atoms with E-state index >= 15 is 4.79 Å². The van der Waals surface area contributed by atoms with E-state index in [0.29, 0.717) is 68.6 Å². The molecule has 0 saturated carbocycles. The number of imide groups is 1. The number of allylic oxidation sites excluding steroid dienone is 4. The molecule has 28 nitrogen and oxygen atoms in total. The van der Waals surface area contributed by atoms with E-state index in [1.54, 1.807) is 55.5 Å². The number of piperidine rings is 1. The van der Waals surface area contributed by atoms with Crippen LogP contribution in [-0.2, 0) is 54.4 Å². The van der Waals surface area contributed by atoms with Crippen LogP contribution in [0.1, 0.15) is 141 Å². The fourth-order valence-electron chi connectivity index (χ4n) is 13.4. The number of ether oxygens (including phenoxy) is 4. The molecule has 28 heteroatoms. The smallest absolute Gasteiger partial charge is 0.407 e. The molecule has 102 heavy (non-hydrogen) atoms. The maximum atomic E-state index is 15.1. The van der Waals surface area contributed by atoms with Gasteiger partial charge in [-0.2, -0.15) is 0 Å². The van der Waals surface area contributed by atoms with Crippen molar-refractivity contribution in [2.45, 2.75) is 151 Å². The number of fused-ring (bicyclic) bond motifs is 2. The molecule has 6 aliphatic rings. The van der Waals surface area contributed by atoms with Gasteiger partial charge in [-0.05, 0) is 125 Å². The van der Waals surface area contributed by atoms with Gasteiger partial charge in [0.2, 0.25) is 23.2 Å². The minimum absolute atomic E-state index is 0.00159. The Bertz CT molecular complexity index is 4190. The molecule has 9 rings (SSSR count). The van der Waals surface area contributed by atoms with Gasteiger partial charge in [0.25, 0.3) is 23.5 Å². The van der Waals surface area contributed by atoms with E-state index in [0.717, 1.165) is 17.7 Å². The summed E-state index contributed by atoms with van der Waals surface area (Å²) in [5, 5.41) is 39.2. The predicted octanol–water partition coefficient (Wildman–Crippen LogP) is 8.70. The Labute approximate surface area is 589 Å². The summed E-state index contributed by atoms with van der Waals surface area (Å²) in [5.41, 5.74) is 5.35. The van der Waals surface area contributed by atoms with Gasteiger partial charge >= 0.3 is 23.9 Å². The first kappa shape index (κ1) is 75.4. The van der Waals surface area contributed by atoms with E-state index in [4.69, 9.17) is 34.1 Å². The summed E-state index contributed by atoms with van der Waals surface area (Å²) < 4.78 is 30.4. The van der Waals surface area contributed by atoms with Crippen LogP contribution in [0, 0.1) is 36.5 Å². The predicted molar refractivity (Wildman–Crippen MR) is 378 cm³/mol. The third-order valence-electron chi connectivity index (χ3n) is 18.8. The molecule has 3 aromatic carbocycles. The first-order chi connectivity index (χ1) is 48.6. The van der Waals surface area contributed by atoms with E-state index in [9.17, 15) is 58.2 Å². The zero-order valence-electron chi connectivity index (χ0n) is 58.6. The van der Waals surface area contributed by atoms with Gasteiger partial charge in [0.1, 0.15) is 52.9 Å². The van der Waals surface area contributed by atoms with Crippen LogP contribution in [0.15, 0.2) is 93.9 Å². The number of hydrogen-bond donors (Lipinski definition) is 9. The minimum Gasteiger partial charge on any atom is -0.507 e. The monoisotopic (exact) mass is 1410 g/mol. The number of phenols is 2. The first-order valence-corrected chi connectivity index (χ1v) is 34.5. The molecular formula is C74H90N10O18. The summed E-state index contributed by atoms with van der Waals surface area (Å²) in [7, 11) is 0. The zero-order chi connectivity index (χ0) is 73.7. The average Bonchev–Trinajstić information content (AvgIpc) is 1.43. The number of nitrogens with zero attached hydrogens (tertiary/aromatic N) is 3. The Hall–Kier alpha value is -10.8. The fourth-order valence-corrected chi connectivity index (χ4v) is 13.4. The Morgan fingerprint density at radius 2 is 1.60 bits per heavy atom. The second-order valence-electron chi connectivity index (χ2n) is 27.1. The summed E-state index contributed by atoms with van der Waals surface area (Å²) >= 11 is 0. The fraction of sp³-hybridized carbons (Fsp3) is 0.459. The third-order valence-corrected chi connectivity index (χ3v) is 18.8. The standard InChI is InChI=1S/C74H90N10O18/c1-40-15-12-16-43(4)70(94)82-63-65(92)59-58(60-67(45(6)64(59)91)102-74(8,69(60)93)99-32-14-17-42(3)66(100-46(7)85)44(5)34-41(2)33-40)62-68(63)101-53-36-50(35-52(86)61(53)81-62)83-30-26-47(27-31-83)37-78-73(97)98-39-48-20-22-49(23-21-48)79-71(95)51(18-13-28-76-72(75)96)80-55(88)38-77-54(87)19-10-9-11-29-84-56(89)24-25-57(84)90/h12,14-16,20-25,32,35-36,40-42,44,47,51,66,86,91H,9-11,13,17-19,26-31,33-34,37-39H2,1-8H3,(H,77,87)(H,78,97)(H,79,95)(H,80,88)(H,82,94)(H3,75,76,96)/b15-12+,32-14+,43-16-/t40-,41+,42+,44+,51-,66+,74-/m0/s1. The number of carbonyl (C=O) groups excluding carboxylic acids is 10. The van der Waals surface area contributed by atoms with Crippen molar-refractivity contribution in [3.63, 3.8) is 0 Å². The highest BCUT2D eigenvalue weighted by Gasteiger charge is 2.50. The van der Waals surface area contributed by atoms with E-state index in [2.05, 4.69) is 52.7 Å². The number of Topliss-reactive ketones (excluding diaryl/α,β-unsaturated/α-hetero) is 1. The topological polar surface area (TPSA) is 396 Å². The second kappa shape index (κ2) is 33.6. The van der Waals surface area contributed by atoms with Crippen LogP contribution in [-0.4, -0.2) is 137 Å². The molecule has 5 heterocycles. The number of rotatable bonds is 21. The van der Waals surface area contributed by atoms with Gasteiger partial charge in [-0.1, -0.05) is 64.5 Å². The SMILES string of the molecule is CC(=O)O[C@@H]1[C@H](C)C/C=C/O[C@@]2(C)Oc3c(C)c(O)c4c(=O)c(c5oc6cc(N7CCC(CNC(=O)OCc8ccc(NC(=O)[C@H](CCCNC(N)=O)NC(=O)CNC(=O)CCCCCN9C(=O)C=CC9=O)cc8)CC7)cc(O)c6nc-5c4c3C2=O)NC(=O)/C(C)=C\C=C\[C@H](C)C[C@@H](C)C[C@H]1C. The van der Waals surface area contributed by atoms with Crippen LogP contribution in [0.25, 0.3) is 33.3 Å². The van der Waals surface area contributed by atoms with Crippen molar-refractivity contribution >= 4 is 98.3 Å². The number of anilines is 3. The van der Waals surface area contributed by atoms with Crippen molar-refractivity contribution in [2.75, 3.05) is 54.8 Å². The molecule has 1 aliphatic carbocycles. The molecule has 544 valence electrons. The van der Waals surface area contributed by atoms with Crippen molar-refractivity contribution in [1.29, 1.82) is 0 Å². The molecule has 1 fully saturated rings. The highest BCUT2D eigenvalue weighted by molar-refractivity contribution is 6.22. The summed E-state index contributed by atoms with van der Waals surface area (Å²) in [4.78, 5) is 151. The number of unbranched alkanes of at least 4 members (excludes halogenated alkanes) is 2. The van der Waals surface area contributed by atoms with Crippen LogP contribution in [0.4, 0.5) is 26.7 Å². The maximum Gasteiger partial charge on any atom is 0.407 e. The van der Waals surface area contributed by atoms with Crippen molar-refractivity contribution in [3.8, 4) is 28.7 Å². The molecule has 9 amide bonds. The number of aromatic nitrogens is 1. The van der Waals surface area contributed by atoms with Crippen molar-refractivity contribution in [1.82, 2.24) is 31.2 Å². The molecule has 5 aliphatic heterocycles. The number of amides is 9. The van der Waals surface area contributed by atoms with Crippen LogP contribution >= 0.6 is 0 Å². The summed E-state index contributed by atoms with van der Waals surface area (Å²) in [6, 6.07) is 7.83. The molecule has 7 atom stereocenters. The molecule has 0 unspecified atom stereocenters. The Morgan fingerprint density at radius 1 is 0.873 bits per heavy atom. The summed E-state index contributed by atoms with van der Waals surface area (Å²) in [6.07, 6.45) is 15.0. The molecule has 3 aromatic rings. The number of hydrogen-bond acceptors (Lipinski definition) is 20.